The third kappa shape index (κ3) is 6.06. The van der Waals surface area contributed by atoms with E-state index >= 15 is 0 Å². The van der Waals surface area contributed by atoms with Gasteiger partial charge in [-0.15, -0.1) is 0 Å². The molecule has 2 fully saturated rings. The summed E-state index contributed by atoms with van der Waals surface area (Å²) in [5.41, 5.74) is 3.08. The van der Waals surface area contributed by atoms with Crippen LogP contribution in [0.15, 0.2) is 42.5 Å². The molecule has 0 aromatic heterocycles. The van der Waals surface area contributed by atoms with E-state index in [1.54, 1.807) is 14.2 Å². The lowest BCUT2D eigenvalue weighted by Gasteiger charge is -2.38. The Morgan fingerprint density at radius 1 is 1.06 bits per heavy atom. The zero-order chi connectivity index (χ0) is 23.2. The lowest BCUT2D eigenvalue weighted by molar-refractivity contribution is -0.0468. The van der Waals surface area contributed by atoms with Crippen LogP contribution in [-0.4, -0.2) is 68.3 Å². The number of hydrogen-bond donors (Lipinski definition) is 0. The van der Waals surface area contributed by atoms with Crippen molar-refractivity contribution in [2.45, 2.75) is 51.3 Å². The molecule has 0 spiro atoms. The number of amides is 1. The fourth-order valence-corrected chi connectivity index (χ4v) is 4.95. The molecule has 2 aromatic carbocycles. The highest BCUT2D eigenvalue weighted by Gasteiger charge is 2.31. The zero-order valence-electron chi connectivity index (χ0n) is 20.1. The third-order valence-electron chi connectivity index (χ3n) is 6.77. The molecule has 178 valence electrons. The van der Waals surface area contributed by atoms with Crippen LogP contribution in [0.2, 0.25) is 0 Å². The molecule has 4 rings (SSSR count). The quantitative estimate of drug-likeness (QED) is 0.598. The van der Waals surface area contributed by atoms with Gasteiger partial charge in [-0.3, -0.25) is 9.69 Å². The number of methoxy groups -OCH3 is 2. The van der Waals surface area contributed by atoms with Crippen molar-refractivity contribution in [3.8, 4) is 11.5 Å². The SMILES string of the molecule is COc1cc(CN2CCOC(CN(C(=O)c3ccc(C)cc3)C3CCCC3)C2)cc(OC)c1. The van der Waals surface area contributed by atoms with Crippen LogP contribution in [-0.2, 0) is 11.3 Å². The van der Waals surface area contributed by atoms with Gasteiger partial charge in [0.05, 0.1) is 26.9 Å². The lowest BCUT2D eigenvalue weighted by atomic mass is 10.1. The molecule has 2 aliphatic rings. The summed E-state index contributed by atoms with van der Waals surface area (Å²) in [6.45, 7) is 5.81. The van der Waals surface area contributed by atoms with Gasteiger partial charge in [0.15, 0.2) is 0 Å². The normalized spacial score (nSPS) is 19.4. The number of carbonyl (C=O) groups excluding carboxylic acids is 1. The van der Waals surface area contributed by atoms with Gasteiger partial charge in [-0.1, -0.05) is 30.5 Å². The second-order valence-corrected chi connectivity index (χ2v) is 9.21. The number of carbonyl (C=O) groups is 1. The van der Waals surface area contributed by atoms with E-state index in [0.717, 1.165) is 55.1 Å². The standard InChI is InChI=1S/C27H36N2O4/c1-20-8-10-22(11-9-20)27(30)29(23-6-4-5-7-23)19-26-18-28(12-13-33-26)17-21-14-24(31-2)16-25(15-21)32-3/h8-11,14-16,23,26H,4-7,12-13,17-19H2,1-3H3. The summed E-state index contributed by atoms with van der Waals surface area (Å²) < 4.78 is 17.0. The van der Waals surface area contributed by atoms with E-state index in [9.17, 15) is 4.79 Å². The Balaban J connectivity index is 1.44. The van der Waals surface area contributed by atoms with Crippen molar-refractivity contribution in [2.24, 2.45) is 0 Å². The highest BCUT2D eigenvalue weighted by Crippen LogP contribution is 2.27. The third-order valence-corrected chi connectivity index (χ3v) is 6.77. The highest BCUT2D eigenvalue weighted by atomic mass is 16.5. The molecule has 0 radical (unpaired) electrons. The van der Waals surface area contributed by atoms with Crippen LogP contribution in [0.5, 0.6) is 11.5 Å². The average Bonchev–Trinajstić information content (AvgIpc) is 3.37. The first-order valence-corrected chi connectivity index (χ1v) is 12.0. The van der Waals surface area contributed by atoms with Crippen LogP contribution in [0.25, 0.3) is 0 Å². The fourth-order valence-electron chi connectivity index (χ4n) is 4.95. The molecule has 6 nitrogen and oxygen atoms in total. The first-order valence-electron chi connectivity index (χ1n) is 12.0. The van der Waals surface area contributed by atoms with Gasteiger partial charge in [0.1, 0.15) is 11.5 Å². The van der Waals surface area contributed by atoms with Gasteiger partial charge in [0.2, 0.25) is 0 Å². The maximum absolute atomic E-state index is 13.5. The first kappa shape index (κ1) is 23.6. The highest BCUT2D eigenvalue weighted by molar-refractivity contribution is 5.94. The second kappa shape index (κ2) is 11.0. The number of nitrogens with zero attached hydrogens (tertiary/aromatic N) is 2. The molecule has 6 heteroatoms. The minimum Gasteiger partial charge on any atom is -0.497 e. The second-order valence-electron chi connectivity index (χ2n) is 9.21. The van der Waals surface area contributed by atoms with Crippen molar-refractivity contribution in [1.82, 2.24) is 9.80 Å². The van der Waals surface area contributed by atoms with Gasteiger partial charge in [-0.25, -0.2) is 0 Å². The van der Waals surface area contributed by atoms with Crippen molar-refractivity contribution in [3.63, 3.8) is 0 Å². The van der Waals surface area contributed by atoms with Gasteiger partial charge in [-0.2, -0.15) is 0 Å². The number of ether oxygens (including phenoxy) is 3. The molecule has 0 bridgehead atoms. The van der Waals surface area contributed by atoms with Crippen LogP contribution in [0.4, 0.5) is 0 Å². The maximum atomic E-state index is 13.5. The predicted molar refractivity (Wildman–Crippen MR) is 129 cm³/mol. The average molecular weight is 453 g/mol. The Bertz CT molecular complexity index is 902. The van der Waals surface area contributed by atoms with Gasteiger partial charge >= 0.3 is 0 Å². The van der Waals surface area contributed by atoms with E-state index in [2.05, 4.69) is 21.9 Å². The predicted octanol–water partition coefficient (Wildman–Crippen LogP) is 4.30. The number of hydrogen-bond acceptors (Lipinski definition) is 5. The van der Waals surface area contributed by atoms with Crippen LogP contribution < -0.4 is 9.47 Å². The number of benzene rings is 2. The van der Waals surface area contributed by atoms with Gasteiger partial charge in [0, 0.05) is 43.9 Å². The van der Waals surface area contributed by atoms with Crippen LogP contribution in [0, 0.1) is 6.92 Å². The molecular formula is C27H36N2O4. The zero-order valence-corrected chi connectivity index (χ0v) is 20.1. The van der Waals surface area contributed by atoms with Crippen molar-refractivity contribution in [3.05, 3.63) is 59.2 Å². The van der Waals surface area contributed by atoms with E-state index in [1.807, 2.05) is 37.3 Å². The molecule has 1 heterocycles. The Morgan fingerprint density at radius 3 is 2.36 bits per heavy atom. The van der Waals surface area contributed by atoms with Crippen LogP contribution in [0.3, 0.4) is 0 Å². The Kier molecular flexibility index (Phi) is 7.89. The van der Waals surface area contributed by atoms with Crippen molar-refractivity contribution >= 4 is 5.91 Å². The summed E-state index contributed by atoms with van der Waals surface area (Å²) in [5, 5.41) is 0. The Hall–Kier alpha value is -2.57. The molecule has 33 heavy (non-hydrogen) atoms. The lowest BCUT2D eigenvalue weighted by Crippen LogP contribution is -2.50. The van der Waals surface area contributed by atoms with Crippen LogP contribution >= 0.6 is 0 Å². The van der Waals surface area contributed by atoms with E-state index in [0.29, 0.717) is 19.2 Å². The largest absolute Gasteiger partial charge is 0.497 e. The summed E-state index contributed by atoms with van der Waals surface area (Å²) in [6, 6.07) is 14.2. The summed E-state index contributed by atoms with van der Waals surface area (Å²) in [4.78, 5) is 17.9. The molecule has 0 N–H and O–H groups in total. The minimum atomic E-state index is 0.00116. The van der Waals surface area contributed by atoms with Gasteiger partial charge in [-0.05, 0) is 49.6 Å². The minimum absolute atomic E-state index is 0.00116. The van der Waals surface area contributed by atoms with Crippen molar-refractivity contribution in [2.75, 3.05) is 40.5 Å². The van der Waals surface area contributed by atoms with E-state index < -0.39 is 0 Å². The Labute approximate surface area is 197 Å². The fraction of sp³-hybridized carbons (Fsp3) is 0.519. The first-order chi connectivity index (χ1) is 16.1. The topological polar surface area (TPSA) is 51.2 Å². The summed E-state index contributed by atoms with van der Waals surface area (Å²) in [5.74, 6) is 1.72. The van der Waals surface area contributed by atoms with E-state index in [4.69, 9.17) is 14.2 Å². The van der Waals surface area contributed by atoms with E-state index in [-0.39, 0.29) is 12.0 Å². The molecule has 1 saturated carbocycles. The van der Waals surface area contributed by atoms with Gasteiger partial charge in [0.25, 0.3) is 5.91 Å². The van der Waals surface area contributed by atoms with E-state index in [1.165, 1.54) is 18.4 Å². The Morgan fingerprint density at radius 2 is 1.73 bits per heavy atom. The maximum Gasteiger partial charge on any atom is 0.254 e. The van der Waals surface area contributed by atoms with Gasteiger partial charge < -0.3 is 19.1 Å². The molecule has 1 amide bonds. The van der Waals surface area contributed by atoms with Crippen molar-refractivity contribution in [1.29, 1.82) is 0 Å². The smallest absolute Gasteiger partial charge is 0.254 e. The molecule has 1 aliphatic heterocycles. The molecule has 1 atom stereocenters. The summed E-state index contributed by atoms with van der Waals surface area (Å²) in [6.07, 6.45) is 4.55. The number of morpholine rings is 1. The van der Waals surface area contributed by atoms with Crippen LogP contribution in [0.1, 0.15) is 47.2 Å². The molecule has 1 unspecified atom stereocenters. The molecule has 1 aliphatic carbocycles. The molecular weight excluding hydrogens is 416 g/mol. The number of rotatable bonds is 8. The molecule has 2 aromatic rings. The molecule has 1 saturated heterocycles. The van der Waals surface area contributed by atoms with Crippen molar-refractivity contribution < 1.29 is 19.0 Å². The number of aryl methyl sites for hydroxylation is 1. The monoisotopic (exact) mass is 452 g/mol. The summed E-state index contributed by atoms with van der Waals surface area (Å²) >= 11 is 0. The summed E-state index contributed by atoms with van der Waals surface area (Å²) in [7, 11) is 3.35.